The van der Waals surface area contributed by atoms with Crippen molar-refractivity contribution in [3.63, 3.8) is 0 Å². The van der Waals surface area contributed by atoms with Gasteiger partial charge in [-0.1, -0.05) is 11.6 Å². The number of nitrogens with two attached hydrogens (primary N) is 1. The summed E-state index contributed by atoms with van der Waals surface area (Å²) in [6, 6.07) is 0. The molecule has 0 heterocycles. The van der Waals surface area contributed by atoms with Crippen LogP contribution in [0.15, 0.2) is 11.8 Å². The van der Waals surface area contributed by atoms with E-state index in [1.54, 1.807) is 0 Å². The Kier molecular flexibility index (Phi) is 2.88. The zero-order valence-electron chi connectivity index (χ0n) is 4.11. The number of nitrogens with one attached hydrogen (secondary N) is 2. The Hall–Kier alpha value is -0.830. The van der Waals surface area contributed by atoms with Gasteiger partial charge >= 0.3 is 0 Å². The minimum absolute atomic E-state index is 0.161. The quantitative estimate of drug-likeness (QED) is 0.474. The van der Waals surface area contributed by atoms with Gasteiger partial charge < -0.3 is 11.1 Å². The number of hydrogen-bond acceptors (Lipinski definition) is 3. The van der Waals surface area contributed by atoms with E-state index in [1.165, 1.54) is 6.08 Å². The van der Waals surface area contributed by atoms with Crippen LogP contribution in [0.3, 0.4) is 0 Å². The lowest BCUT2D eigenvalue weighted by Crippen LogP contribution is -1.98. The van der Waals surface area contributed by atoms with Crippen LogP contribution in [0, 0.1) is 10.8 Å². The summed E-state index contributed by atoms with van der Waals surface area (Å²) < 4.78 is 0. The zero-order chi connectivity index (χ0) is 6.57. The SMILES string of the molecule is N=C/C(N)=C\C(=N)Cl. The average Bonchev–Trinajstić information content (AvgIpc) is 1.65. The maximum absolute atomic E-state index is 6.63. The summed E-state index contributed by atoms with van der Waals surface area (Å²) in [4.78, 5) is 0. The topological polar surface area (TPSA) is 73.7 Å². The Morgan fingerprint density at radius 2 is 2.12 bits per heavy atom. The molecule has 0 spiro atoms. The molecule has 0 radical (unpaired) electrons. The third kappa shape index (κ3) is 3.36. The molecule has 44 valence electrons. The van der Waals surface area contributed by atoms with Gasteiger partial charge in [-0.15, -0.1) is 0 Å². The van der Waals surface area contributed by atoms with E-state index in [9.17, 15) is 0 Å². The van der Waals surface area contributed by atoms with E-state index in [-0.39, 0.29) is 10.9 Å². The largest absolute Gasteiger partial charge is 0.397 e. The molecule has 0 aromatic rings. The summed E-state index contributed by atoms with van der Waals surface area (Å²) in [5.41, 5.74) is 5.25. The van der Waals surface area contributed by atoms with Crippen LogP contribution in [-0.2, 0) is 0 Å². The molecular weight excluding hydrogens is 126 g/mol. The maximum atomic E-state index is 6.63. The molecule has 0 fully saturated rings. The summed E-state index contributed by atoms with van der Waals surface area (Å²) in [6.45, 7) is 0. The van der Waals surface area contributed by atoms with E-state index in [1.807, 2.05) is 0 Å². The second-order valence-electron chi connectivity index (χ2n) is 1.14. The van der Waals surface area contributed by atoms with Crippen LogP contribution < -0.4 is 5.73 Å². The van der Waals surface area contributed by atoms with E-state index in [4.69, 9.17) is 28.2 Å². The molecular formula is C4H6ClN3. The molecule has 0 amide bonds. The number of allylic oxidation sites excluding steroid dienone is 2. The van der Waals surface area contributed by atoms with Gasteiger partial charge in [-0.05, 0) is 6.08 Å². The van der Waals surface area contributed by atoms with Crippen LogP contribution in [0.4, 0.5) is 0 Å². The first-order chi connectivity index (χ1) is 3.66. The lowest BCUT2D eigenvalue weighted by Gasteiger charge is -1.84. The van der Waals surface area contributed by atoms with Crippen LogP contribution >= 0.6 is 11.6 Å². The molecule has 0 unspecified atom stereocenters. The first-order valence-corrected chi connectivity index (χ1v) is 2.26. The van der Waals surface area contributed by atoms with Crippen molar-refractivity contribution in [3.8, 4) is 0 Å². The van der Waals surface area contributed by atoms with Crippen molar-refractivity contribution in [1.29, 1.82) is 10.8 Å². The molecule has 0 saturated carbocycles. The maximum Gasteiger partial charge on any atom is 0.122 e. The molecule has 0 bridgehead atoms. The van der Waals surface area contributed by atoms with Gasteiger partial charge in [-0.2, -0.15) is 0 Å². The first kappa shape index (κ1) is 7.17. The second-order valence-corrected chi connectivity index (χ2v) is 1.54. The first-order valence-electron chi connectivity index (χ1n) is 1.88. The normalized spacial score (nSPS) is 10.9. The summed E-state index contributed by atoms with van der Waals surface area (Å²) in [5, 5.41) is 13.0. The van der Waals surface area contributed by atoms with E-state index in [2.05, 4.69) is 0 Å². The number of hydrogen-bond donors (Lipinski definition) is 3. The van der Waals surface area contributed by atoms with Crippen LogP contribution in [0.25, 0.3) is 0 Å². The predicted octanol–water partition coefficient (Wildman–Crippen LogP) is 0.695. The highest BCUT2D eigenvalue weighted by Crippen LogP contribution is 1.84. The molecule has 8 heavy (non-hydrogen) atoms. The van der Waals surface area contributed by atoms with Gasteiger partial charge in [0.1, 0.15) is 5.17 Å². The molecule has 0 aromatic carbocycles. The minimum atomic E-state index is -0.161. The van der Waals surface area contributed by atoms with Gasteiger partial charge in [0.25, 0.3) is 0 Å². The van der Waals surface area contributed by atoms with E-state index >= 15 is 0 Å². The van der Waals surface area contributed by atoms with Crippen LogP contribution in [0.5, 0.6) is 0 Å². The van der Waals surface area contributed by atoms with Crippen LogP contribution in [0.1, 0.15) is 0 Å². The molecule has 3 nitrogen and oxygen atoms in total. The Morgan fingerprint density at radius 1 is 1.62 bits per heavy atom. The smallest absolute Gasteiger partial charge is 0.122 e. The Labute approximate surface area is 52.2 Å². The minimum Gasteiger partial charge on any atom is -0.397 e. The highest BCUT2D eigenvalue weighted by molar-refractivity contribution is 6.67. The van der Waals surface area contributed by atoms with Crippen LogP contribution in [-0.4, -0.2) is 11.4 Å². The van der Waals surface area contributed by atoms with Gasteiger partial charge in [-0.25, -0.2) is 0 Å². The molecule has 4 N–H and O–H groups in total. The van der Waals surface area contributed by atoms with Gasteiger partial charge in [0, 0.05) is 6.21 Å². The fraction of sp³-hybridized carbons (Fsp3) is 0. The van der Waals surface area contributed by atoms with Gasteiger partial charge in [-0.3, -0.25) is 5.41 Å². The standard InChI is InChI=1S/C4H6ClN3/c5-4(8)1-3(7)2-6/h1-2,6,8H,7H2/b3-1+,6-2?,8-4?. The number of halogens is 1. The highest BCUT2D eigenvalue weighted by Gasteiger charge is 1.82. The number of rotatable bonds is 2. The fourth-order valence-corrected chi connectivity index (χ4v) is 0.314. The van der Waals surface area contributed by atoms with Crippen molar-refractivity contribution in [3.05, 3.63) is 11.8 Å². The zero-order valence-corrected chi connectivity index (χ0v) is 4.87. The van der Waals surface area contributed by atoms with Crippen molar-refractivity contribution in [2.45, 2.75) is 0 Å². The van der Waals surface area contributed by atoms with Crippen molar-refractivity contribution in [1.82, 2.24) is 0 Å². The third-order valence-electron chi connectivity index (χ3n) is 0.460. The van der Waals surface area contributed by atoms with E-state index < -0.39 is 0 Å². The Balaban J connectivity index is 3.94. The highest BCUT2D eigenvalue weighted by atomic mass is 35.5. The monoisotopic (exact) mass is 131 g/mol. The van der Waals surface area contributed by atoms with Crippen LogP contribution in [0.2, 0.25) is 0 Å². The lowest BCUT2D eigenvalue weighted by atomic mass is 10.4. The molecule has 0 aromatic heterocycles. The van der Waals surface area contributed by atoms with Gasteiger partial charge in [0.15, 0.2) is 0 Å². The van der Waals surface area contributed by atoms with E-state index in [0.717, 1.165) is 6.21 Å². The lowest BCUT2D eigenvalue weighted by molar-refractivity contribution is 1.44. The van der Waals surface area contributed by atoms with Gasteiger partial charge in [0.2, 0.25) is 0 Å². The second kappa shape index (κ2) is 3.21. The van der Waals surface area contributed by atoms with Crippen molar-refractivity contribution in [2.24, 2.45) is 5.73 Å². The van der Waals surface area contributed by atoms with Crippen molar-refractivity contribution < 1.29 is 0 Å². The molecule has 0 atom stereocenters. The molecule has 0 rings (SSSR count). The van der Waals surface area contributed by atoms with Gasteiger partial charge in [0.05, 0.1) is 5.70 Å². The summed E-state index contributed by atoms with van der Waals surface area (Å²) in [7, 11) is 0. The summed E-state index contributed by atoms with van der Waals surface area (Å²) in [5.74, 6) is 0. The molecule has 0 aliphatic heterocycles. The molecule has 0 aliphatic carbocycles. The van der Waals surface area contributed by atoms with Crippen molar-refractivity contribution in [2.75, 3.05) is 0 Å². The Morgan fingerprint density at radius 3 is 2.25 bits per heavy atom. The summed E-state index contributed by atoms with van der Waals surface area (Å²) >= 11 is 5.07. The summed E-state index contributed by atoms with van der Waals surface area (Å²) in [6.07, 6.45) is 2.12. The van der Waals surface area contributed by atoms with E-state index in [0.29, 0.717) is 0 Å². The Bertz CT molecular complexity index is 138. The van der Waals surface area contributed by atoms with Crippen molar-refractivity contribution >= 4 is 23.0 Å². The fourth-order valence-electron chi connectivity index (χ4n) is 0.188. The average molecular weight is 132 g/mol. The molecule has 0 aliphatic rings. The molecule has 4 heteroatoms. The molecule has 0 saturated heterocycles. The predicted molar refractivity (Wildman–Crippen MR) is 34.6 cm³/mol. The third-order valence-corrected chi connectivity index (χ3v) is 0.569.